The lowest BCUT2D eigenvalue weighted by molar-refractivity contribution is 0.626. The van der Waals surface area contributed by atoms with Crippen molar-refractivity contribution in [1.82, 2.24) is 4.98 Å². The smallest absolute Gasteiger partial charge is 0.248 e. The Bertz CT molecular complexity index is 535. The normalized spacial score (nSPS) is 10.7. The monoisotopic (exact) mass is 255 g/mol. The van der Waals surface area contributed by atoms with Crippen molar-refractivity contribution in [3.8, 4) is 0 Å². The Kier molecular flexibility index (Phi) is 2.37. The predicted molar refractivity (Wildman–Crippen MR) is 57.2 cm³/mol. The van der Waals surface area contributed by atoms with Gasteiger partial charge >= 0.3 is 0 Å². The van der Waals surface area contributed by atoms with E-state index in [1.54, 1.807) is 18.2 Å². The fourth-order valence-electron chi connectivity index (χ4n) is 1.33. The summed E-state index contributed by atoms with van der Waals surface area (Å²) in [5, 5.41) is 1.14. The summed E-state index contributed by atoms with van der Waals surface area (Å²) >= 11 is 3.18. The van der Waals surface area contributed by atoms with E-state index < -0.39 is 0 Å². The maximum absolute atomic E-state index is 13.6. The molecule has 1 aromatic heterocycles. The number of nitrogens with one attached hydrogen (secondary N) is 1. The molecule has 0 atom stereocenters. The second-order valence-corrected chi connectivity index (χ2v) is 3.52. The molecule has 2 aromatic rings. The van der Waals surface area contributed by atoms with Crippen LogP contribution < -0.4 is 5.56 Å². The third kappa shape index (κ3) is 1.46. The molecule has 0 saturated heterocycles. The SMILES string of the molecule is O=c1ccc2ccc(CBr)c(F)c2[nH]1. The van der Waals surface area contributed by atoms with E-state index in [-0.39, 0.29) is 16.9 Å². The lowest BCUT2D eigenvalue weighted by Gasteiger charge is -2.02. The van der Waals surface area contributed by atoms with Crippen LogP contribution in [0.1, 0.15) is 5.56 Å². The molecule has 2 nitrogen and oxygen atoms in total. The van der Waals surface area contributed by atoms with Gasteiger partial charge in [-0.15, -0.1) is 0 Å². The highest BCUT2D eigenvalue weighted by Gasteiger charge is 2.06. The number of aromatic nitrogens is 1. The molecule has 0 aliphatic rings. The number of hydrogen-bond donors (Lipinski definition) is 1. The van der Waals surface area contributed by atoms with Crippen molar-refractivity contribution >= 4 is 26.8 Å². The van der Waals surface area contributed by atoms with Crippen LogP contribution >= 0.6 is 15.9 Å². The van der Waals surface area contributed by atoms with Crippen LogP contribution in [0.25, 0.3) is 10.9 Å². The lowest BCUT2D eigenvalue weighted by atomic mass is 10.1. The van der Waals surface area contributed by atoms with Crippen LogP contribution in [0, 0.1) is 5.82 Å². The molecule has 0 spiro atoms. The summed E-state index contributed by atoms with van der Waals surface area (Å²) < 4.78 is 13.6. The molecule has 1 aromatic carbocycles. The molecule has 1 N–H and O–H groups in total. The van der Waals surface area contributed by atoms with E-state index in [0.717, 1.165) is 0 Å². The zero-order valence-corrected chi connectivity index (χ0v) is 8.77. The zero-order valence-electron chi connectivity index (χ0n) is 7.18. The van der Waals surface area contributed by atoms with Gasteiger partial charge in [-0.25, -0.2) is 4.39 Å². The summed E-state index contributed by atoms with van der Waals surface area (Å²) in [6.07, 6.45) is 0. The van der Waals surface area contributed by atoms with E-state index in [4.69, 9.17) is 0 Å². The summed E-state index contributed by atoms with van der Waals surface area (Å²) in [5.41, 5.74) is 0.525. The van der Waals surface area contributed by atoms with Crippen molar-refractivity contribution in [2.45, 2.75) is 5.33 Å². The van der Waals surface area contributed by atoms with Gasteiger partial charge in [0.2, 0.25) is 5.56 Å². The van der Waals surface area contributed by atoms with Crippen LogP contribution in [0.2, 0.25) is 0 Å². The Morgan fingerprint density at radius 1 is 1.29 bits per heavy atom. The topological polar surface area (TPSA) is 32.9 Å². The van der Waals surface area contributed by atoms with Crippen LogP contribution in [0.3, 0.4) is 0 Å². The van der Waals surface area contributed by atoms with Crippen molar-refractivity contribution in [3.63, 3.8) is 0 Å². The predicted octanol–water partition coefficient (Wildman–Crippen LogP) is 2.56. The first-order valence-electron chi connectivity index (χ1n) is 4.09. The van der Waals surface area contributed by atoms with Gasteiger partial charge in [0.15, 0.2) is 5.82 Å². The fraction of sp³-hybridized carbons (Fsp3) is 0.100. The molecule has 0 radical (unpaired) electrons. The number of benzene rings is 1. The third-order valence-electron chi connectivity index (χ3n) is 2.06. The quantitative estimate of drug-likeness (QED) is 0.781. The minimum absolute atomic E-state index is 0.273. The van der Waals surface area contributed by atoms with Gasteiger partial charge in [0.25, 0.3) is 0 Å². The minimum Gasteiger partial charge on any atom is -0.319 e. The number of rotatable bonds is 1. The first-order chi connectivity index (χ1) is 6.72. The first-order valence-corrected chi connectivity index (χ1v) is 5.21. The van der Waals surface area contributed by atoms with Gasteiger partial charge in [0.05, 0.1) is 5.52 Å². The van der Waals surface area contributed by atoms with Crippen molar-refractivity contribution in [3.05, 3.63) is 46.0 Å². The molecule has 0 saturated carbocycles. The average Bonchev–Trinajstić information content (AvgIpc) is 2.20. The summed E-state index contributed by atoms with van der Waals surface area (Å²) in [5.74, 6) is -0.364. The summed E-state index contributed by atoms with van der Waals surface area (Å²) in [6, 6.07) is 6.47. The number of fused-ring (bicyclic) bond motifs is 1. The number of hydrogen-bond acceptors (Lipinski definition) is 1. The number of pyridine rings is 1. The standard InChI is InChI=1S/C10H7BrFNO/c11-5-7-2-1-6-3-4-8(14)13-10(6)9(7)12/h1-4H,5H2,(H,13,14). The first kappa shape index (κ1) is 9.40. The van der Waals surface area contributed by atoms with Crippen molar-refractivity contribution in [2.24, 2.45) is 0 Å². The molecule has 0 fully saturated rings. The highest BCUT2D eigenvalue weighted by atomic mass is 79.9. The maximum Gasteiger partial charge on any atom is 0.248 e. The molecule has 14 heavy (non-hydrogen) atoms. The van der Waals surface area contributed by atoms with E-state index in [1.807, 2.05) is 0 Å². The number of aromatic amines is 1. The van der Waals surface area contributed by atoms with Gasteiger partial charge in [-0.2, -0.15) is 0 Å². The Morgan fingerprint density at radius 3 is 2.71 bits per heavy atom. The van der Waals surface area contributed by atoms with Crippen molar-refractivity contribution in [2.75, 3.05) is 0 Å². The van der Waals surface area contributed by atoms with Crippen LogP contribution in [0.5, 0.6) is 0 Å². The number of H-pyrrole nitrogens is 1. The lowest BCUT2D eigenvalue weighted by Crippen LogP contribution is -2.04. The summed E-state index contributed by atoms with van der Waals surface area (Å²) in [4.78, 5) is 13.5. The number of alkyl halides is 1. The minimum atomic E-state index is -0.364. The fourth-order valence-corrected chi connectivity index (χ4v) is 1.77. The Labute approximate surface area is 87.9 Å². The second-order valence-electron chi connectivity index (χ2n) is 2.96. The Hall–Kier alpha value is -1.16. The molecular formula is C10H7BrFNO. The van der Waals surface area contributed by atoms with Gasteiger partial charge in [-0.1, -0.05) is 28.1 Å². The van der Waals surface area contributed by atoms with Crippen LogP contribution in [-0.2, 0) is 5.33 Å². The van der Waals surface area contributed by atoms with Gasteiger partial charge < -0.3 is 4.98 Å². The van der Waals surface area contributed by atoms with E-state index in [2.05, 4.69) is 20.9 Å². The summed E-state index contributed by atoms with van der Waals surface area (Å²) in [7, 11) is 0. The molecule has 0 aliphatic heterocycles. The third-order valence-corrected chi connectivity index (χ3v) is 2.66. The van der Waals surface area contributed by atoms with E-state index in [0.29, 0.717) is 16.3 Å². The van der Waals surface area contributed by atoms with Crippen LogP contribution in [0.15, 0.2) is 29.1 Å². The molecule has 0 unspecified atom stereocenters. The highest BCUT2D eigenvalue weighted by Crippen LogP contribution is 2.19. The zero-order chi connectivity index (χ0) is 10.1. The van der Waals surface area contributed by atoms with Gasteiger partial charge in [-0.3, -0.25) is 4.79 Å². The average molecular weight is 256 g/mol. The second kappa shape index (κ2) is 3.53. The van der Waals surface area contributed by atoms with Crippen molar-refractivity contribution < 1.29 is 4.39 Å². The Morgan fingerprint density at radius 2 is 2.00 bits per heavy atom. The van der Waals surface area contributed by atoms with E-state index in [1.165, 1.54) is 6.07 Å². The Balaban J connectivity index is 2.86. The number of halogens is 2. The van der Waals surface area contributed by atoms with Crippen LogP contribution in [-0.4, -0.2) is 4.98 Å². The highest BCUT2D eigenvalue weighted by molar-refractivity contribution is 9.08. The van der Waals surface area contributed by atoms with E-state index in [9.17, 15) is 9.18 Å². The molecule has 0 bridgehead atoms. The molecule has 0 amide bonds. The maximum atomic E-state index is 13.6. The van der Waals surface area contributed by atoms with Crippen molar-refractivity contribution in [1.29, 1.82) is 0 Å². The van der Waals surface area contributed by atoms with Gasteiger partial charge in [0.1, 0.15) is 0 Å². The van der Waals surface area contributed by atoms with Gasteiger partial charge in [0, 0.05) is 22.3 Å². The molecular weight excluding hydrogens is 249 g/mol. The molecule has 1 heterocycles. The largest absolute Gasteiger partial charge is 0.319 e. The summed E-state index contributed by atoms with van der Waals surface area (Å²) in [6.45, 7) is 0. The van der Waals surface area contributed by atoms with Gasteiger partial charge in [-0.05, 0) is 6.07 Å². The molecule has 4 heteroatoms. The molecule has 0 aliphatic carbocycles. The van der Waals surface area contributed by atoms with E-state index >= 15 is 0 Å². The van der Waals surface area contributed by atoms with Crippen LogP contribution in [0.4, 0.5) is 4.39 Å². The molecule has 72 valence electrons. The molecule has 2 rings (SSSR count).